The van der Waals surface area contributed by atoms with Crippen molar-refractivity contribution < 1.29 is 93.5 Å². The Bertz CT molecular complexity index is 3850. The molecule has 0 spiro atoms. The smallest absolute Gasteiger partial charge is 0.281 e. The van der Waals surface area contributed by atoms with E-state index in [0.29, 0.717) is 69.7 Å². The summed E-state index contributed by atoms with van der Waals surface area (Å²) in [5.74, 6) is -8.40. The van der Waals surface area contributed by atoms with E-state index in [4.69, 9.17) is 27.6 Å². The number of sulfone groups is 3. The van der Waals surface area contributed by atoms with Gasteiger partial charge in [0.1, 0.15) is 29.8 Å². The number of aromatic nitrogens is 4. The van der Waals surface area contributed by atoms with Crippen LogP contribution < -0.4 is 14.2 Å². The van der Waals surface area contributed by atoms with Gasteiger partial charge in [-0.15, -0.1) is 0 Å². The molecule has 31 heteroatoms. The number of likely N-dealkylation sites (tertiary alicyclic amines) is 3. The van der Waals surface area contributed by atoms with E-state index in [2.05, 4.69) is 20.1 Å². The van der Waals surface area contributed by atoms with Crippen molar-refractivity contribution in [2.24, 2.45) is 17.8 Å². The van der Waals surface area contributed by atoms with Gasteiger partial charge in [-0.25, -0.2) is 61.6 Å². The zero-order chi connectivity index (χ0) is 68.3. The molecule has 0 bridgehead atoms. The summed E-state index contributed by atoms with van der Waals surface area (Å²) in [7, 11) is -10.8. The molecule has 12 rings (SSSR count). The lowest BCUT2D eigenvalue weighted by Gasteiger charge is -2.25. The number of fused-ring (bicyclic) bond motifs is 3. The lowest BCUT2D eigenvalue weighted by molar-refractivity contribution is -0.0722. The Hall–Kier alpha value is -7.54. The van der Waals surface area contributed by atoms with Crippen molar-refractivity contribution in [1.82, 2.24) is 34.8 Å². The first kappa shape index (κ1) is 68.3. The average Bonchev–Trinajstić information content (AvgIpc) is 1.56. The summed E-state index contributed by atoms with van der Waals surface area (Å²) < 4.78 is 186. The zero-order valence-electron chi connectivity index (χ0n) is 52.9. The van der Waals surface area contributed by atoms with Crippen molar-refractivity contribution in [1.29, 1.82) is 0 Å². The number of carbonyl (C=O) groups is 3. The van der Waals surface area contributed by atoms with Gasteiger partial charge in [0.15, 0.2) is 59.5 Å². The summed E-state index contributed by atoms with van der Waals surface area (Å²) in [5.41, 5.74) is 0.353. The van der Waals surface area contributed by atoms with Gasteiger partial charge in [-0.1, -0.05) is 5.16 Å². The second-order valence-corrected chi connectivity index (χ2v) is 31.9. The highest BCUT2D eigenvalue weighted by Crippen LogP contribution is 2.61. The number of amides is 3. The Morgan fingerprint density at radius 2 is 0.882 bits per heavy atom. The number of carbonyl (C=O) groups excluding carboxylic acids is 3. The van der Waals surface area contributed by atoms with Crippen molar-refractivity contribution >= 4 is 47.2 Å². The minimum atomic E-state index is -3.62. The molecule has 9 atom stereocenters. The molecular formula is C62H71F6N7O15S3. The normalized spacial score (nSPS) is 24.1. The van der Waals surface area contributed by atoms with E-state index in [1.54, 1.807) is 41.1 Å². The maximum atomic E-state index is 13.7. The molecule has 3 aliphatic carbocycles. The van der Waals surface area contributed by atoms with Gasteiger partial charge in [0.05, 0.1) is 53.6 Å². The summed E-state index contributed by atoms with van der Waals surface area (Å²) in [5, 5.41) is 3.82. The van der Waals surface area contributed by atoms with E-state index in [1.165, 1.54) is 75.4 Å². The van der Waals surface area contributed by atoms with Crippen molar-refractivity contribution in [3.63, 3.8) is 0 Å². The van der Waals surface area contributed by atoms with Gasteiger partial charge in [0.2, 0.25) is 11.8 Å². The number of piperidine rings is 3. The van der Waals surface area contributed by atoms with Crippen LogP contribution in [0.3, 0.4) is 0 Å². The predicted octanol–water partition coefficient (Wildman–Crippen LogP) is 9.06. The number of hydrogen-bond donors (Lipinski definition) is 0. The van der Waals surface area contributed by atoms with Crippen molar-refractivity contribution in [3.8, 4) is 17.2 Å². The first-order chi connectivity index (χ1) is 42.9. The first-order valence-electron chi connectivity index (χ1n) is 29.6. The van der Waals surface area contributed by atoms with Crippen LogP contribution >= 0.6 is 0 Å². The molecule has 6 heterocycles. The van der Waals surface area contributed by atoms with E-state index >= 15 is 0 Å². The predicted molar refractivity (Wildman–Crippen MR) is 319 cm³/mol. The molecule has 6 unspecified atom stereocenters. The van der Waals surface area contributed by atoms with Gasteiger partial charge in [0.25, 0.3) is 35.5 Å². The van der Waals surface area contributed by atoms with E-state index in [9.17, 15) is 66.0 Å². The molecule has 93 heavy (non-hydrogen) atoms. The third-order valence-electron chi connectivity index (χ3n) is 18.3. The Balaban J connectivity index is 0.000000153. The van der Waals surface area contributed by atoms with Crippen LogP contribution in [0.25, 0.3) is 0 Å². The van der Waals surface area contributed by atoms with Gasteiger partial charge in [0, 0.05) is 91.1 Å². The van der Waals surface area contributed by atoms with E-state index in [1.807, 2.05) is 6.92 Å². The maximum absolute atomic E-state index is 13.7. The summed E-state index contributed by atoms with van der Waals surface area (Å²) in [6, 6.07) is 11.1. The number of oxazole rings is 2. The van der Waals surface area contributed by atoms with Gasteiger partial charge >= 0.3 is 0 Å². The Labute approximate surface area is 533 Å². The number of ether oxygens (including phenoxy) is 3. The Morgan fingerprint density at radius 3 is 1.19 bits per heavy atom. The fraction of sp³-hybridized carbons (Fsp3) is 0.532. The van der Waals surface area contributed by atoms with Crippen molar-refractivity contribution in [3.05, 3.63) is 119 Å². The van der Waals surface area contributed by atoms with Crippen LogP contribution in [-0.4, -0.2) is 172 Å². The summed E-state index contributed by atoms with van der Waals surface area (Å²) in [6.45, 7) is 13.4. The number of alkyl halides is 6. The zero-order valence-corrected chi connectivity index (χ0v) is 55.4. The van der Waals surface area contributed by atoms with Crippen LogP contribution in [0.2, 0.25) is 0 Å². The number of nitrogens with zero attached hydrogens (tertiary/aromatic N) is 7. The average molecular weight is 1360 g/mol. The minimum Gasteiger partial charge on any atom is -0.484 e. The molecular weight excluding hydrogens is 1290 g/mol. The molecule has 0 radical (unpaired) electrons. The van der Waals surface area contributed by atoms with E-state index in [0.717, 1.165) is 63.3 Å². The van der Waals surface area contributed by atoms with Crippen LogP contribution in [0.5, 0.6) is 17.2 Å². The fourth-order valence-electron chi connectivity index (χ4n) is 12.1. The first-order valence-corrected chi connectivity index (χ1v) is 35.3. The fourth-order valence-corrected chi connectivity index (χ4v) is 14.0. The molecule has 3 aromatic heterocycles. The largest absolute Gasteiger partial charge is 0.484 e. The molecule has 22 nitrogen and oxygen atoms in total. The highest BCUT2D eigenvalue weighted by Gasteiger charge is 2.67. The monoisotopic (exact) mass is 1360 g/mol. The van der Waals surface area contributed by atoms with Crippen molar-refractivity contribution in [2.75, 3.05) is 58.0 Å². The molecule has 6 aromatic rings. The third kappa shape index (κ3) is 14.0. The van der Waals surface area contributed by atoms with E-state index in [-0.39, 0.29) is 77.2 Å². The topological polar surface area (TPSA) is 282 Å². The lowest BCUT2D eigenvalue weighted by Crippen LogP contribution is -2.35. The third-order valence-corrected chi connectivity index (χ3v) is 21.6. The quantitative estimate of drug-likeness (QED) is 0.0725. The van der Waals surface area contributed by atoms with Crippen LogP contribution in [0.4, 0.5) is 26.3 Å². The van der Waals surface area contributed by atoms with Crippen LogP contribution in [0, 0.1) is 38.5 Å². The molecule has 3 aromatic carbocycles. The van der Waals surface area contributed by atoms with Crippen molar-refractivity contribution in [2.45, 2.75) is 149 Å². The standard InChI is InChI=1S/2C21H24F2N2O5S.C20H23F2N3O5S/c1-12(20(3,22)23)30-17-6-5-15(31(4,27)28)7-16(17)19(26)25-9-14-8-21(14,11-25)18-10-29-13(2)24-18;1-12-10-29-19(24-12)21-8-14(21)9-25(11-21)18(26)16-7-15(31(4,27)28)5-6-17(16)30-13(2)20(3,22)23;1-11(19(3,21)22)29-16-6-5-14(31(4,27)28)7-15(16)17(26)25-9-13-8-20(13,10-25)18-23-12(2)24-30-18/h5-7,10,12,14H,8-9,11H2,1-4H3;5-7,10,13-14H,8-9,11H2,1-4H3;5-7,11,13H,8-10H2,1-4H3/t12-,14?,21?;13-,14?,21?;11-,13?,20?/m000/s1. The number of halogens is 6. The van der Waals surface area contributed by atoms with Crippen LogP contribution in [0.1, 0.15) is 127 Å². The molecule has 6 aliphatic rings. The maximum Gasteiger partial charge on any atom is 0.281 e. The molecule has 0 N–H and O–H groups in total. The molecule has 504 valence electrons. The minimum absolute atomic E-state index is 0.0493. The number of rotatable bonds is 18. The van der Waals surface area contributed by atoms with Gasteiger partial charge in [-0.05, 0) is 126 Å². The van der Waals surface area contributed by atoms with Crippen LogP contribution in [-0.2, 0) is 45.8 Å². The van der Waals surface area contributed by atoms with Gasteiger partial charge < -0.3 is 42.3 Å². The van der Waals surface area contributed by atoms with E-state index < -0.39 is 88.7 Å². The second kappa shape index (κ2) is 23.7. The number of benzene rings is 3. The van der Waals surface area contributed by atoms with Crippen LogP contribution in [0.15, 0.2) is 95.2 Å². The van der Waals surface area contributed by atoms with Gasteiger partial charge in [-0.3, -0.25) is 14.4 Å². The summed E-state index contributed by atoms with van der Waals surface area (Å²) in [6.07, 6.45) is 4.25. The molecule has 3 saturated carbocycles. The Kier molecular flexibility index (Phi) is 17.4. The molecule has 3 amide bonds. The highest BCUT2D eigenvalue weighted by molar-refractivity contribution is 7.91. The van der Waals surface area contributed by atoms with Gasteiger partial charge in [-0.2, -0.15) is 4.98 Å². The number of aryl methyl sites for hydroxylation is 3. The highest BCUT2D eigenvalue weighted by atomic mass is 32.2. The Morgan fingerprint density at radius 1 is 0.527 bits per heavy atom. The molecule has 3 aliphatic heterocycles. The SMILES string of the molecule is Cc1coc(C23CC2CN(C(=O)c2cc(S(C)(=O)=O)ccc2O[C@@H](C)C(C)(F)F)C3)n1.Cc1nc(C23CC2CN(C(=O)c2cc(S(C)(=O)=O)ccc2O[C@@H](C)C(C)(F)F)C3)co1.Cc1noc(C23CC2CN(C(=O)c2cc(S(C)(=O)=O)ccc2O[C@@H](C)C(C)(F)F)C3)n1. The lowest BCUT2D eigenvalue weighted by atomic mass is 10.0. The molecule has 3 saturated heterocycles. The molecule has 6 fully saturated rings. The summed E-state index contributed by atoms with van der Waals surface area (Å²) >= 11 is 0. The second-order valence-electron chi connectivity index (χ2n) is 25.9. The summed E-state index contributed by atoms with van der Waals surface area (Å²) in [4.78, 5) is 57.6. The number of hydrogen-bond acceptors (Lipinski definition) is 19.